The van der Waals surface area contributed by atoms with Gasteiger partial charge >= 0.3 is 0 Å². The predicted molar refractivity (Wildman–Crippen MR) is 43.3 cm³/mol. The zero-order valence-electron chi connectivity index (χ0n) is 6.61. The zero-order chi connectivity index (χ0) is 8.27. The van der Waals surface area contributed by atoms with Crippen LogP contribution in [0.5, 0.6) is 0 Å². The van der Waals surface area contributed by atoms with Crippen LogP contribution in [0.4, 0.5) is 5.69 Å². The maximum Gasteiger partial charge on any atom is 0.223 e. The van der Waals surface area contributed by atoms with Gasteiger partial charge in [-0.2, -0.15) is 0 Å². The summed E-state index contributed by atoms with van der Waals surface area (Å²) < 4.78 is 0. The van der Waals surface area contributed by atoms with Crippen LogP contribution < -0.4 is 4.90 Å². The molecule has 0 bridgehead atoms. The standard InChI is InChI=1S/C8H10N2O/c1-7(11)10(2)8-4-3-5-9-6-8/h3-6H,1-2H3. The maximum atomic E-state index is 10.8. The molecule has 1 rings (SSSR count). The van der Waals surface area contributed by atoms with E-state index >= 15 is 0 Å². The third-order valence-electron chi connectivity index (χ3n) is 1.51. The number of amides is 1. The number of pyridine rings is 1. The maximum absolute atomic E-state index is 10.8. The smallest absolute Gasteiger partial charge is 0.223 e. The topological polar surface area (TPSA) is 33.2 Å². The molecule has 0 aliphatic carbocycles. The SMILES string of the molecule is CC(=O)N(C)c1cccnc1. The minimum absolute atomic E-state index is 0.0120. The molecule has 0 aliphatic heterocycles. The Kier molecular flexibility index (Phi) is 2.21. The number of aromatic nitrogens is 1. The second-order valence-corrected chi connectivity index (χ2v) is 2.29. The van der Waals surface area contributed by atoms with E-state index in [0.29, 0.717) is 0 Å². The molecule has 1 amide bonds. The number of carbonyl (C=O) groups is 1. The monoisotopic (exact) mass is 150 g/mol. The van der Waals surface area contributed by atoms with Crippen LogP contribution in [-0.4, -0.2) is 17.9 Å². The van der Waals surface area contributed by atoms with Gasteiger partial charge in [-0.25, -0.2) is 0 Å². The molecule has 0 unspecified atom stereocenters. The van der Waals surface area contributed by atoms with Gasteiger partial charge in [0.15, 0.2) is 0 Å². The molecule has 3 heteroatoms. The minimum atomic E-state index is 0.0120. The van der Waals surface area contributed by atoms with Crippen LogP contribution in [0.3, 0.4) is 0 Å². The van der Waals surface area contributed by atoms with E-state index in [-0.39, 0.29) is 5.91 Å². The van der Waals surface area contributed by atoms with Gasteiger partial charge in [-0.15, -0.1) is 0 Å². The van der Waals surface area contributed by atoms with Crippen LogP contribution in [0.2, 0.25) is 0 Å². The first-order chi connectivity index (χ1) is 5.22. The highest BCUT2D eigenvalue weighted by molar-refractivity contribution is 5.90. The quantitative estimate of drug-likeness (QED) is 0.599. The molecule has 0 saturated carbocycles. The molecule has 1 heterocycles. The molecule has 0 atom stereocenters. The lowest BCUT2D eigenvalue weighted by molar-refractivity contribution is -0.116. The Morgan fingerprint density at radius 3 is 2.82 bits per heavy atom. The van der Waals surface area contributed by atoms with Crippen molar-refractivity contribution in [3.63, 3.8) is 0 Å². The van der Waals surface area contributed by atoms with Crippen LogP contribution in [0.15, 0.2) is 24.5 Å². The van der Waals surface area contributed by atoms with E-state index in [4.69, 9.17) is 0 Å². The molecule has 0 spiro atoms. The van der Waals surface area contributed by atoms with Gasteiger partial charge in [0.2, 0.25) is 5.91 Å². The van der Waals surface area contributed by atoms with Crippen molar-refractivity contribution in [2.24, 2.45) is 0 Å². The normalized spacial score (nSPS) is 9.27. The first kappa shape index (κ1) is 7.72. The van der Waals surface area contributed by atoms with Crippen molar-refractivity contribution in [3.8, 4) is 0 Å². The number of rotatable bonds is 1. The summed E-state index contributed by atoms with van der Waals surface area (Å²) in [7, 11) is 1.72. The Morgan fingerprint density at radius 2 is 2.36 bits per heavy atom. The lowest BCUT2D eigenvalue weighted by Gasteiger charge is -2.13. The molecule has 1 aromatic heterocycles. The van der Waals surface area contributed by atoms with E-state index in [2.05, 4.69) is 4.98 Å². The fourth-order valence-electron chi connectivity index (χ4n) is 0.734. The zero-order valence-corrected chi connectivity index (χ0v) is 6.61. The molecule has 3 nitrogen and oxygen atoms in total. The molecule has 0 aliphatic rings. The van der Waals surface area contributed by atoms with E-state index in [1.165, 1.54) is 6.92 Å². The Labute approximate surface area is 65.7 Å². The van der Waals surface area contributed by atoms with Crippen molar-refractivity contribution in [2.75, 3.05) is 11.9 Å². The van der Waals surface area contributed by atoms with Gasteiger partial charge in [-0.1, -0.05) is 0 Å². The van der Waals surface area contributed by atoms with Crippen LogP contribution in [-0.2, 0) is 4.79 Å². The van der Waals surface area contributed by atoms with Crippen molar-refractivity contribution in [3.05, 3.63) is 24.5 Å². The first-order valence-electron chi connectivity index (χ1n) is 3.36. The van der Waals surface area contributed by atoms with E-state index in [9.17, 15) is 4.79 Å². The summed E-state index contributed by atoms with van der Waals surface area (Å²) >= 11 is 0. The third-order valence-corrected chi connectivity index (χ3v) is 1.51. The lowest BCUT2D eigenvalue weighted by Crippen LogP contribution is -2.22. The van der Waals surface area contributed by atoms with E-state index in [1.54, 1.807) is 30.4 Å². The molecule has 0 radical (unpaired) electrons. The summed E-state index contributed by atoms with van der Waals surface area (Å²) in [6.45, 7) is 1.52. The number of hydrogen-bond acceptors (Lipinski definition) is 2. The minimum Gasteiger partial charge on any atom is -0.314 e. The van der Waals surface area contributed by atoms with Gasteiger partial charge in [0, 0.05) is 20.2 Å². The van der Waals surface area contributed by atoms with Crippen molar-refractivity contribution >= 4 is 11.6 Å². The number of nitrogens with zero attached hydrogens (tertiary/aromatic N) is 2. The molecule has 1 aromatic rings. The summed E-state index contributed by atoms with van der Waals surface area (Å²) in [5.41, 5.74) is 0.819. The van der Waals surface area contributed by atoms with Crippen molar-refractivity contribution in [2.45, 2.75) is 6.92 Å². The van der Waals surface area contributed by atoms with Gasteiger partial charge in [0.1, 0.15) is 0 Å². The highest BCUT2D eigenvalue weighted by Gasteiger charge is 2.02. The van der Waals surface area contributed by atoms with Crippen molar-refractivity contribution in [1.29, 1.82) is 0 Å². The van der Waals surface area contributed by atoms with Gasteiger partial charge in [-0.05, 0) is 12.1 Å². The molecule has 11 heavy (non-hydrogen) atoms. The van der Waals surface area contributed by atoms with Crippen molar-refractivity contribution in [1.82, 2.24) is 4.98 Å². The average molecular weight is 150 g/mol. The van der Waals surface area contributed by atoms with Crippen molar-refractivity contribution < 1.29 is 4.79 Å². The number of anilines is 1. The number of hydrogen-bond donors (Lipinski definition) is 0. The number of carbonyl (C=O) groups excluding carboxylic acids is 1. The lowest BCUT2D eigenvalue weighted by atomic mass is 10.4. The Morgan fingerprint density at radius 1 is 1.64 bits per heavy atom. The molecule has 0 saturated heterocycles. The Hall–Kier alpha value is -1.38. The van der Waals surface area contributed by atoms with Gasteiger partial charge in [-0.3, -0.25) is 9.78 Å². The summed E-state index contributed by atoms with van der Waals surface area (Å²) in [6, 6.07) is 3.64. The first-order valence-corrected chi connectivity index (χ1v) is 3.36. The molecule has 58 valence electrons. The largest absolute Gasteiger partial charge is 0.314 e. The second kappa shape index (κ2) is 3.14. The fraction of sp³-hybridized carbons (Fsp3) is 0.250. The summed E-state index contributed by atoms with van der Waals surface area (Å²) in [5.74, 6) is 0.0120. The molecule has 0 N–H and O–H groups in total. The highest BCUT2D eigenvalue weighted by Crippen LogP contribution is 2.08. The highest BCUT2D eigenvalue weighted by atomic mass is 16.2. The Bertz CT molecular complexity index is 246. The van der Waals surface area contributed by atoms with E-state index < -0.39 is 0 Å². The average Bonchev–Trinajstić information content (AvgIpc) is 2.05. The van der Waals surface area contributed by atoms with Gasteiger partial charge < -0.3 is 4.90 Å². The summed E-state index contributed by atoms with van der Waals surface area (Å²) in [4.78, 5) is 16.3. The van der Waals surface area contributed by atoms with E-state index in [1.807, 2.05) is 6.07 Å². The molecular weight excluding hydrogens is 140 g/mol. The van der Waals surface area contributed by atoms with Gasteiger partial charge in [0.05, 0.1) is 11.9 Å². The third kappa shape index (κ3) is 1.77. The molecule has 0 fully saturated rings. The van der Waals surface area contributed by atoms with Crippen LogP contribution in [0, 0.1) is 0 Å². The van der Waals surface area contributed by atoms with Gasteiger partial charge in [0.25, 0.3) is 0 Å². The van der Waals surface area contributed by atoms with Crippen LogP contribution >= 0.6 is 0 Å². The van der Waals surface area contributed by atoms with E-state index in [0.717, 1.165) is 5.69 Å². The molecular formula is C8H10N2O. The second-order valence-electron chi connectivity index (χ2n) is 2.29. The van der Waals surface area contributed by atoms with Crippen LogP contribution in [0.25, 0.3) is 0 Å². The fourth-order valence-corrected chi connectivity index (χ4v) is 0.734. The predicted octanol–water partition coefficient (Wildman–Crippen LogP) is 1.06. The Balaban J connectivity index is 2.85. The molecule has 0 aromatic carbocycles. The summed E-state index contributed by atoms with van der Waals surface area (Å²) in [6.07, 6.45) is 3.33. The summed E-state index contributed by atoms with van der Waals surface area (Å²) in [5, 5.41) is 0. The van der Waals surface area contributed by atoms with Crippen LogP contribution in [0.1, 0.15) is 6.92 Å².